The first kappa shape index (κ1) is 19.3. The van der Waals surface area contributed by atoms with Gasteiger partial charge in [-0.3, -0.25) is 4.79 Å². The monoisotopic (exact) mass is 307 g/mol. The number of amides is 1. The van der Waals surface area contributed by atoms with Gasteiger partial charge in [0.2, 0.25) is 15.9 Å². The molecule has 0 fully saturated rings. The Bertz CT molecular complexity index is 402. The highest BCUT2D eigenvalue weighted by molar-refractivity contribution is 7.88. The van der Waals surface area contributed by atoms with Crippen LogP contribution in [0.15, 0.2) is 0 Å². The summed E-state index contributed by atoms with van der Waals surface area (Å²) in [5.41, 5.74) is 5.83. The fraction of sp³-hybridized carbons (Fsp3) is 0.923. The number of carbonyl (C=O) groups excluding carboxylic acids is 1. The molecule has 0 aliphatic rings. The first-order valence-electron chi connectivity index (χ1n) is 6.96. The predicted octanol–water partition coefficient (Wildman–Crippen LogP) is 0.538. The predicted molar refractivity (Wildman–Crippen MR) is 81.8 cm³/mol. The molecule has 0 aromatic rings. The zero-order chi connectivity index (χ0) is 16.0. The first-order chi connectivity index (χ1) is 8.98. The van der Waals surface area contributed by atoms with Gasteiger partial charge in [-0.05, 0) is 11.8 Å². The lowest BCUT2D eigenvalue weighted by molar-refractivity contribution is -0.121. The third-order valence-electron chi connectivity index (χ3n) is 3.25. The van der Waals surface area contributed by atoms with Gasteiger partial charge < -0.3 is 11.1 Å². The van der Waals surface area contributed by atoms with Gasteiger partial charge in [0.15, 0.2) is 0 Å². The molecule has 7 heteroatoms. The van der Waals surface area contributed by atoms with Crippen LogP contribution in [-0.2, 0) is 14.8 Å². The minimum absolute atomic E-state index is 0.0881. The zero-order valence-corrected chi connectivity index (χ0v) is 14.1. The van der Waals surface area contributed by atoms with E-state index in [4.69, 9.17) is 5.73 Å². The van der Waals surface area contributed by atoms with Crippen molar-refractivity contribution in [1.82, 2.24) is 9.62 Å². The largest absolute Gasteiger partial charge is 0.356 e. The molecule has 0 rings (SSSR count). The van der Waals surface area contributed by atoms with Crippen molar-refractivity contribution in [2.24, 2.45) is 11.1 Å². The highest BCUT2D eigenvalue weighted by Gasteiger charge is 2.23. The average molecular weight is 307 g/mol. The number of rotatable bonds is 8. The van der Waals surface area contributed by atoms with Gasteiger partial charge in [0.1, 0.15) is 0 Å². The molecule has 0 aromatic carbocycles. The molecule has 0 saturated carbocycles. The van der Waals surface area contributed by atoms with Gasteiger partial charge in [0.05, 0.1) is 6.26 Å². The number of nitrogens with two attached hydrogens (primary N) is 1. The number of sulfonamides is 1. The minimum Gasteiger partial charge on any atom is -0.356 e. The number of nitrogens with one attached hydrogen (secondary N) is 1. The van der Waals surface area contributed by atoms with Gasteiger partial charge in [-0.2, -0.15) is 0 Å². The van der Waals surface area contributed by atoms with Crippen molar-refractivity contribution in [2.45, 2.75) is 46.6 Å². The summed E-state index contributed by atoms with van der Waals surface area (Å²) in [6.45, 7) is 9.11. The zero-order valence-electron chi connectivity index (χ0n) is 13.3. The van der Waals surface area contributed by atoms with Crippen LogP contribution in [0, 0.1) is 5.41 Å². The molecule has 1 amide bonds. The summed E-state index contributed by atoms with van der Waals surface area (Å²) in [7, 11) is -3.15. The van der Waals surface area contributed by atoms with Crippen LogP contribution in [-0.4, -0.2) is 50.6 Å². The summed E-state index contributed by atoms with van der Waals surface area (Å²) in [6.07, 6.45) is 2.07. The summed E-state index contributed by atoms with van der Waals surface area (Å²) in [5.74, 6) is -0.0881. The fourth-order valence-corrected chi connectivity index (χ4v) is 2.55. The third kappa shape index (κ3) is 7.81. The molecular formula is C13H29N3O3S. The maximum absolute atomic E-state index is 11.7. The molecule has 0 saturated heterocycles. The molecule has 0 aromatic heterocycles. The van der Waals surface area contributed by atoms with E-state index in [1.165, 1.54) is 10.6 Å². The molecule has 0 aliphatic heterocycles. The lowest BCUT2D eigenvalue weighted by Gasteiger charge is -2.26. The van der Waals surface area contributed by atoms with Crippen LogP contribution >= 0.6 is 0 Å². The molecule has 6 nitrogen and oxygen atoms in total. The normalized spacial score (nSPS) is 14.3. The van der Waals surface area contributed by atoms with Crippen LogP contribution in [0.5, 0.6) is 0 Å². The van der Waals surface area contributed by atoms with Crippen LogP contribution in [0.1, 0.15) is 40.5 Å². The Kier molecular flexibility index (Phi) is 7.69. The van der Waals surface area contributed by atoms with Crippen LogP contribution < -0.4 is 11.1 Å². The fourth-order valence-electron chi connectivity index (χ4n) is 1.62. The van der Waals surface area contributed by atoms with Crippen molar-refractivity contribution in [3.8, 4) is 0 Å². The number of carbonyl (C=O) groups is 1. The molecule has 0 aliphatic carbocycles. The van der Waals surface area contributed by atoms with Crippen molar-refractivity contribution in [2.75, 3.05) is 25.9 Å². The van der Waals surface area contributed by atoms with E-state index < -0.39 is 10.0 Å². The Morgan fingerprint density at radius 2 is 1.90 bits per heavy atom. The number of hydrogen-bond acceptors (Lipinski definition) is 4. The van der Waals surface area contributed by atoms with Gasteiger partial charge in [0, 0.05) is 32.1 Å². The van der Waals surface area contributed by atoms with E-state index in [0.717, 1.165) is 0 Å². The summed E-state index contributed by atoms with van der Waals surface area (Å²) in [5, 5.41) is 2.78. The molecule has 3 N–H and O–H groups in total. The smallest absolute Gasteiger partial charge is 0.221 e. The second-order valence-corrected chi connectivity index (χ2v) is 8.12. The summed E-state index contributed by atoms with van der Waals surface area (Å²) >= 11 is 0. The van der Waals surface area contributed by atoms with Gasteiger partial charge in [-0.25, -0.2) is 12.7 Å². The molecule has 0 radical (unpaired) electrons. The molecule has 0 bridgehead atoms. The Hall–Kier alpha value is -0.660. The average Bonchev–Trinajstić information content (AvgIpc) is 2.25. The topological polar surface area (TPSA) is 92.5 Å². The van der Waals surface area contributed by atoms with E-state index in [1.54, 1.807) is 6.92 Å². The van der Waals surface area contributed by atoms with Gasteiger partial charge in [-0.1, -0.05) is 27.7 Å². The molecule has 20 heavy (non-hydrogen) atoms. The molecular weight excluding hydrogens is 278 g/mol. The summed E-state index contributed by atoms with van der Waals surface area (Å²) in [4.78, 5) is 11.7. The molecule has 1 unspecified atom stereocenters. The van der Waals surface area contributed by atoms with Crippen molar-refractivity contribution in [3.05, 3.63) is 0 Å². The second-order valence-electron chi connectivity index (χ2n) is 6.13. The van der Waals surface area contributed by atoms with Crippen molar-refractivity contribution < 1.29 is 13.2 Å². The third-order valence-corrected chi connectivity index (χ3v) is 4.62. The van der Waals surface area contributed by atoms with E-state index in [-0.39, 0.29) is 23.8 Å². The lowest BCUT2D eigenvalue weighted by atomic mass is 9.85. The first-order valence-corrected chi connectivity index (χ1v) is 8.80. The Labute approximate surface area is 123 Å². The molecule has 0 spiro atoms. The quantitative estimate of drug-likeness (QED) is 0.640. The van der Waals surface area contributed by atoms with Crippen molar-refractivity contribution in [1.29, 1.82) is 0 Å². The second kappa shape index (κ2) is 7.95. The van der Waals surface area contributed by atoms with Crippen LogP contribution in [0.25, 0.3) is 0 Å². The van der Waals surface area contributed by atoms with Crippen molar-refractivity contribution >= 4 is 15.9 Å². The van der Waals surface area contributed by atoms with Crippen LogP contribution in [0.2, 0.25) is 0 Å². The summed E-state index contributed by atoms with van der Waals surface area (Å²) < 4.78 is 24.1. The maximum atomic E-state index is 11.7. The van der Waals surface area contributed by atoms with E-state index >= 15 is 0 Å². The molecule has 120 valence electrons. The van der Waals surface area contributed by atoms with Crippen LogP contribution in [0.4, 0.5) is 0 Å². The van der Waals surface area contributed by atoms with Gasteiger partial charge in [0.25, 0.3) is 0 Å². The molecule has 0 heterocycles. The number of hydrogen-bond donors (Lipinski definition) is 2. The maximum Gasteiger partial charge on any atom is 0.221 e. The van der Waals surface area contributed by atoms with Gasteiger partial charge >= 0.3 is 0 Å². The Balaban J connectivity index is 3.99. The van der Waals surface area contributed by atoms with Crippen molar-refractivity contribution in [3.63, 3.8) is 0 Å². The highest BCUT2D eigenvalue weighted by Crippen LogP contribution is 2.19. The minimum atomic E-state index is -3.15. The highest BCUT2D eigenvalue weighted by atomic mass is 32.2. The lowest BCUT2D eigenvalue weighted by Crippen LogP contribution is -2.40. The Morgan fingerprint density at radius 1 is 1.35 bits per heavy atom. The Morgan fingerprint density at radius 3 is 2.30 bits per heavy atom. The summed E-state index contributed by atoms with van der Waals surface area (Å²) in [6, 6.07) is -0.189. The van der Waals surface area contributed by atoms with E-state index in [1.807, 2.05) is 20.8 Å². The standard InChI is InChI=1S/C13H29N3O3S/c1-6-16(20(5,18)19)9-7-8-15-12(17)10-11(14)13(2,3)4/h11H,6-10,14H2,1-5H3,(H,15,17). The van der Waals surface area contributed by atoms with E-state index in [0.29, 0.717) is 26.1 Å². The van der Waals surface area contributed by atoms with E-state index in [9.17, 15) is 13.2 Å². The van der Waals surface area contributed by atoms with Gasteiger partial charge in [-0.15, -0.1) is 0 Å². The van der Waals surface area contributed by atoms with E-state index in [2.05, 4.69) is 5.32 Å². The SMILES string of the molecule is CCN(CCCNC(=O)CC(N)C(C)(C)C)S(C)(=O)=O. The molecule has 1 atom stereocenters. The van der Waals surface area contributed by atoms with Crippen LogP contribution in [0.3, 0.4) is 0 Å². The number of nitrogens with zero attached hydrogens (tertiary/aromatic N) is 1.